The molecule has 0 saturated carbocycles. The van der Waals surface area contributed by atoms with Gasteiger partial charge < -0.3 is 20.1 Å². The van der Waals surface area contributed by atoms with E-state index in [0.717, 1.165) is 11.3 Å². The van der Waals surface area contributed by atoms with Gasteiger partial charge in [-0.05, 0) is 44.4 Å². The highest BCUT2D eigenvalue weighted by molar-refractivity contribution is 5.75. The van der Waals surface area contributed by atoms with E-state index in [4.69, 9.17) is 9.84 Å². The number of aliphatic carboxylic acids is 1. The summed E-state index contributed by atoms with van der Waals surface area (Å²) in [7, 11) is 0. The second-order valence-corrected chi connectivity index (χ2v) is 5.78. The molecule has 0 aliphatic carbocycles. The van der Waals surface area contributed by atoms with E-state index in [1.165, 1.54) is 0 Å². The van der Waals surface area contributed by atoms with Crippen molar-refractivity contribution in [2.75, 3.05) is 19.7 Å². The number of nitrogens with zero attached hydrogens (tertiary/aromatic N) is 1. The number of urea groups is 1. The summed E-state index contributed by atoms with van der Waals surface area (Å²) in [6.45, 7) is 5.41. The van der Waals surface area contributed by atoms with Crippen molar-refractivity contribution >= 4 is 12.0 Å². The molecule has 1 saturated heterocycles. The van der Waals surface area contributed by atoms with Crippen molar-refractivity contribution in [3.8, 4) is 5.75 Å². The quantitative estimate of drug-likeness (QED) is 0.874. The lowest BCUT2D eigenvalue weighted by atomic mass is 9.97. The van der Waals surface area contributed by atoms with Crippen LogP contribution in [0.5, 0.6) is 5.75 Å². The summed E-state index contributed by atoms with van der Waals surface area (Å²) in [6, 6.07) is 7.37. The van der Waals surface area contributed by atoms with Crippen molar-refractivity contribution in [1.29, 1.82) is 0 Å². The average Bonchev–Trinajstić information content (AvgIpc) is 2.55. The van der Waals surface area contributed by atoms with Crippen LogP contribution in [-0.2, 0) is 4.79 Å². The third-order valence-electron chi connectivity index (χ3n) is 4.14. The van der Waals surface area contributed by atoms with E-state index in [0.29, 0.717) is 32.5 Å². The van der Waals surface area contributed by atoms with Gasteiger partial charge in [0.25, 0.3) is 0 Å². The minimum absolute atomic E-state index is 0.139. The third-order valence-corrected chi connectivity index (χ3v) is 4.14. The van der Waals surface area contributed by atoms with Gasteiger partial charge in [-0.15, -0.1) is 0 Å². The van der Waals surface area contributed by atoms with Gasteiger partial charge in [0.15, 0.2) is 0 Å². The normalized spacial score (nSPS) is 16.7. The topological polar surface area (TPSA) is 78.9 Å². The van der Waals surface area contributed by atoms with Crippen molar-refractivity contribution in [3.63, 3.8) is 0 Å². The van der Waals surface area contributed by atoms with Gasteiger partial charge in [-0.1, -0.05) is 12.1 Å². The highest BCUT2D eigenvalue weighted by Crippen LogP contribution is 2.21. The fraction of sp³-hybridized carbons (Fsp3) is 0.529. The smallest absolute Gasteiger partial charge is 0.317 e. The van der Waals surface area contributed by atoms with E-state index in [1.54, 1.807) is 4.90 Å². The van der Waals surface area contributed by atoms with Crippen LogP contribution in [0.2, 0.25) is 0 Å². The van der Waals surface area contributed by atoms with Crippen LogP contribution < -0.4 is 10.1 Å². The Labute approximate surface area is 136 Å². The molecule has 0 radical (unpaired) electrons. The Hall–Kier alpha value is -2.24. The molecule has 2 N–H and O–H groups in total. The maximum absolute atomic E-state index is 12.3. The predicted octanol–water partition coefficient (Wildman–Crippen LogP) is 2.65. The standard InChI is InChI=1S/C17H24N2O4/c1-3-23-15-6-4-5-14(11-15)12(2)18-17(22)19-9-7-13(8-10-19)16(20)21/h4-6,11-13H,3,7-10H2,1-2H3,(H,18,22)(H,20,21). The predicted molar refractivity (Wildman–Crippen MR) is 86.5 cm³/mol. The molecule has 1 aromatic carbocycles. The number of hydrogen-bond acceptors (Lipinski definition) is 3. The molecule has 0 bridgehead atoms. The number of hydrogen-bond donors (Lipinski definition) is 2. The number of carboxylic acids is 1. The Balaban J connectivity index is 1.90. The highest BCUT2D eigenvalue weighted by Gasteiger charge is 2.27. The largest absolute Gasteiger partial charge is 0.494 e. The molecule has 2 amide bonds. The Morgan fingerprint density at radius 1 is 1.39 bits per heavy atom. The van der Waals surface area contributed by atoms with Crippen molar-refractivity contribution in [2.45, 2.75) is 32.7 Å². The van der Waals surface area contributed by atoms with Crippen LogP contribution >= 0.6 is 0 Å². The van der Waals surface area contributed by atoms with Crippen LogP contribution in [0.25, 0.3) is 0 Å². The van der Waals surface area contributed by atoms with Crippen LogP contribution in [-0.4, -0.2) is 41.7 Å². The number of piperidine rings is 1. The molecule has 1 fully saturated rings. The molecule has 1 heterocycles. The SMILES string of the molecule is CCOc1cccc(C(C)NC(=O)N2CCC(C(=O)O)CC2)c1. The molecule has 1 aliphatic rings. The molecule has 0 spiro atoms. The Morgan fingerprint density at radius 3 is 2.70 bits per heavy atom. The first-order valence-corrected chi connectivity index (χ1v) is 8.02. The lowest BCUT2D eigenvalue weighted by molar-refractivity contribution is -0.143. The summed E-state index contributed by atoms with van der Waals surface area (Å²) < 4.78 is 5.47. The van der Waals surface area contributed by atoms with Crippen LogP contribution in [0.4, 0.5) is 4.79 Å². The number of benzene rings is 1. The van der Waals surface area contributed by atoms with Crippen molar-refractivity contribution in [3.05, 3.63) is 29.8 Å². The maximum Gasteiger partial charge on any atom is 0.317 e. The zero-order valence-corrected chi connectivity index (χ0v) is 13.6. The highest BCUT2D eigenvalue weighted by atomic mass is 16.5. The number of ether oxygens (including phenoxy) is 1. The van der Waals surface area contributed by atoms with Gasteiger partial charge in [0, 0.05) is 13.1 Å². The molecule has 1 aliphatic heterocycles. The van der Waals surface area contributed by atoms with Gasteiger partial charge in [0.1, 0.15) is 5.75 Å². The zero-order valence-electron chi connectivity index (χ0n) is 13.6. The molecular formula is C17H24N2O4. The van der Waals surface area contributed by atoms with Crippen molar-refractivity contribution < 1.29 is 19.4 Å². The molecule has 23 heavy (non-hydrogen) atoms. The summed E-state index contributed by atoms with van der Waals surface area (Å²) in [6.07, 6.45) is 1.02. The first kappa shape index (κ1) is 17.1. The van der Waals surface area contributed by atoms with E-state index < -0.39 is 5.97 Å². The Morgan fingerprint density at radius 2 is 2.09 bits per heavy atom. The summed E-state index contributed by atoms with van der Waals surface area (Å²) in [5.41, 5.74) is 0.977. The maximum atomic E-state index is 12.3. The fourth-order valence-corrected chi connectivity index (χ4v) is 2.73. The van der Waals surface area contributed by atoms with Gasteiger partial charge in [-0.25, -0.2) is 4.79 Å². The monoisotopic (exact) mass is 320 g/mol. The average molecular weight is 320 g/mol. The third kappa shape index (κ3) is 4.61. The number of nitrogens with one attached hydrogen (secondary N) is 1. The van der Waals surface area contributed by atoms with Crippen LogP contribution in [0.3, 0.4) is 0 Å². The van der Waals surface area contributed by atoms with Gasteiger partial charge in [-0.2, -0.15) is 0 Å². The van der Waals surface area contributed by atoms with E-state index >= 15 is 0 Å². The van der Waals surface area contributed by atoms with Crippen molar-refractivity contribution in [2.24, 2.45) is 5.92 Å². The van der Waals surface area contributed by atoms with Gasteiger partial charge >= 0.3 is 12.0 Å². The molecule has 6 heteroatoms. The number of amides is 2. The first-order chi connectivity index (χ1) is 11.0. The summed E-state index contributed by atoms with van der Waals surface area (Å²) in [5, 5.41) is 12.0. The van der Waals surface area contributed by atoms with E-state index in [1.807, 2.05) is 38.1 Å². The Kier molecular flexibility index (Phi) is 5.84. The van der Waals surface area contributed by atoms with Crippen LogP contribution in [0.15, 0.2) is 24.3 Å². The van der Waals surface area contributed by atoms with Gasteiger partial charge in [0.2, 0.25) is 0 Å². The lowest BCUT2D eigenvalue weighted by Gasteiger charge is -2.31. The van der Waals surface area contributed by atoms with Gasteiger partial charge in [0.05, 0.1) is 18.6 Å². The zero-order chi connectivity index (χ0) is 16.8. The second-order valence-electron chi connectivity index (χ2n) is 5.78. The number of carboxylic acid groups (broad SMARTS) is 1. The van der Waals surface area contributed by atoms with Gasteiger partial charge in [-0.3, -0.25) is 4.79 Å². The minimum Gasteiger partial charge on any atom is -0.494 e. The van der Waals surface area contributed by atoms with Crippen LogP contribution in [0.1, 0.15) is 38.3 Å². The second kappa shape index (κ2) is 7.85. The number of rotatable bonds is 5. The summed E-state index contributed by atoms with van der Waals surface area (Å²) >= 11 is 0. The number of likely N-dealkylation sites (tertiary alicyclic amines) is 1. The molecular weight excluding hydrogens is 296 g/mol. The first-order valence-electron chi connectivity index (χ1n) is 8.02. The van der Waals surface area contributed by atoms with Crippen molar-refractivity contribution in [1.82, 2.24) is 10.2 Å². The molecule has 1 unspecified atom stereocenters. The molecule has 2 rings (SSSR count). The number of carbonyl (C=O) groups is 2. The summed E-state index contributed by atoms with van der Waals surface area (Å²) in [4.78, 5) is 24.9. The lowest BCUT2D eigenvalue weighted by Crippen LogP contribution is -2.46. The van der Waals surface area contributed by atoms with E-state index in [9.17, 15) is 9.59 Å². The minimum atomic E-state index is -0.772. The summed E-state index contributed by atoms with van der Waals surface area (Å²) in [5.74, 6) is -0.320. The number of carbonyl (C=O) groups excluding carboxylic acids is 1. The molecule has 6 nitrogen and oxygen atoms in total. The molecule has 1 aromatic rings. The fourth-order valence-electron chi connectivity index (χ4n) is 2.73. The van der Waals surface area contributed by atoms with E-state index in [2.05, 4.69) is 5.32 Å². The molecule has 1 atom stereocenters. The molecule has 0 aromatic heterocycles. The van der Waals surface area contributed by atoms with E-state index in [-0.39, 0.29) is 18.0 Å². The van der Waals surface area contributed by atoms with Crippen LogP contribution in [0, 0.1) is 5.92 Å². The Bertz CT molecular complexity index is 553. The molecule has 126 valence electrons.